The van der Waals surface area contributed by atoms with Gasteiger partial charge in [0, 0.05) is 31.4 Å². The van der Waals surface area contributed by atoms with E-state index in [4.69, 9.17) is 9.57 Å². The van der Waals surface area contributed by atoms with Crippen LogP contribution >= 0.6 is 0 Å². The minimum Gasteiger partial charge on any atom is -0.497 e. The zero-order valence-electron chi connectivity index (χ0n) is 13.1. The van der Waals surface area contributed by atoms with E-state index in [2.05, 4.69) is 32.5 Å². The van der Waals surface area contributed by atoms with E-state index in [9.17, 15) is 0 Å². The molecule has 1 aromatic carbocycles. The zero-order valence-corrected chi connectivity index (χ0v) is 13.1. The smallest absolute Gasteiger partial charge is 0.118 e. The molecule has 2 aliphatic heterocycles. The van der Waals surface area contributed by atoms with E-state index in [0.717, 1.165) is 24.5 Å². The van der Waals surface area contributed by atoms with Crippen LogP contribution in [0.1, 0.15) is 11.3 Å². The van der Waals surface area contributed by atoms with Gasteiger partial charge in [0.2, 0.25) is 0 Å². The van der Waals surface area contributed by atoms with Gasteiger partial charge in [-0.15, -0.1) is 0 Å². The molecule has 2 atom stereocenters. The van der Waals surface area contributed by atoms with Crippen LogP contribution in [0.3, 0.4) is 0 Å². The molecule has 0 spiro atoms. The highest BCUT2D eigenvalue weighted by Crippen LogP contribution is 2.43. The highest BCUT2D eigenvalue weighted by molar-refractivity contribution is 5.28. The van der Waals surface area contributed by atoms with Gasteiger partial charge in [0.25, 0.3) is 0 Å². The van der Waals surface area contributed by atoms with E-state index in [0.29, 0.717) is 19.1 Å². The van der Waals surface area contributed by atoms with Crippen LogP contribution in [0.2, 0.25) is 0 Å². The first-order chi connectivity index (χ1) is 11.3. The molecule has 0 radical (unpaired) electrons. The molecule has 0 aliphatic carbocycles. The van der Waals surface area contributed by atoms with Gasteiger partial charge in [-0.2, -0.15) is 5.06 Å². The number of aromatic nitrogens is 2. The standard InChI is InChI=1S/C17H20N4O2/c1-22-15-4-2-13(3-5-15)10-21-17(16-9-18-6-7-20-16)12-19-8-14(17)11-23-21/h2-7,9,14,19H,8,10-12H2,1H3. The number of methoxy groups -OCH3 is 1. The van der Waals surface area contributed by atoms with Crippen LogP contribution < -0.4 is 10.1 Å². The normalized spacial score (nSPS) is 27.1. The molecular formula is C17H20N4O2. The zero-order chi connectivity index (χ0) is 15.7. The third-order valence-electron chi connectivity index (χ3n) is 4.83. The first-order valence-corrected chi connectivity index (χ1v) is 7.83. The van der Waals surface area contributed by atoms with Gasteiger partial charge in [0.05, 0.1) is 32.2 Å². The molecule has 2 fully saturated rings. The molecule has 120 valence electrons. The average Bonchev–Trinajstić information content (AvgIpc) is 3.17. The number of nitrogens with zero attached hydrogens (tertiary/aromatic N) is 3. The molecule has 1 N–H and O–H groups in total. The Morgan fingerprint density at radius 2 is 2.22 bits per heavy atom. The van der Waals surface area contributed by atoms with Gasteiger partial charge in [0.15, 0.2) is 0 Å². The van der Waals surface area contributed by atoms with E-state index in [1.807, 2.05) is 18.3 Å². The Morgan fingerprint density at radius 1 is 1.35 bits per heavy atom. The van der Waals surface area contributed by atoms with Crippen molar-refractivity contribution < 1.29 is 9.57 Å². The van der Waals surface area contributed by atoms with Crippen molar-refractivity contribution >= 4 is 0 Å². The first-order valence-electron chi connectivity index (χ1n) is 7.83. The van der Waals surface area contributed by atoms with Crippen LogP contribution in [0.15, 0.2) is 42.9 Å². The molecule has 2 aliphatic rings. The quantitative estimate of drug-likeness (QED) is 0.919. The fraction of sp³-hybridized carbons (Fsp3) is 0.412. The Morgan fingerprint density at radius 3 is 2.96 bits per heavy atom. The summed E-state index contributed by atoms with van der Waals surface area (Å²) in [6.45, 7) is 3.18. The Labute approximate surface area is 135 Å². The Bertz CT molecular complexity index is 664. The summed E-state index contributed by atoms with van der Waals surface area (Å²) in [5.41, 5.74) is 1.91. The van der Waals surface area contributed by atoms with Crippen molar-refractivity contribution in [3.8, 4) is 5.75 Å². The van der Waals surface area contributed by atoms with Crippen LogP contribution in [-0.4, -0.2) is 41.8 Å². The van der Waals surface area contributed by atoms with Crippen molar-refractivity contribution in [3.05, 3.63) is 54.1 Å². The predicted octanol–water partition coefficient (Wildman–Crippen LogP) is 1.35. The number of fused-ring (bicyclic) bond motifs is 1. The second-order valence-electron chi connectivity index (χ2n) is 6.02. The molecule has 6 heteroatoms. The van der Waals surface area contributed by atoms with Crippen LogP contribution in [0.4, 0.5) is 0 Å². The molecule has 23 heavy (non-hydrogen) atoms. The van der Waals surface area contributed by atoms with Crippen molar-refractivity contribution in [1.82, 2.24) is 20.3 Å². The van der Waals surface area contributed by atoms with Crippen molar-refractivity contribution in [3.63, 3.8) is 0 Å². The number of nitrogens with one attached hydrogen (secondary N) is 1. The SMILES string of the molecule is COc1ccc(CN2OCC3CNCC32c2cnccn2)cc1. The predicted molar refractivity (Wildman–Crippen MR) is 84.6 cm³/mol. The maximum Gasteiger partial charge on any atom is 0.118 e. The maximum atomic E-state index is 6.03. The third-order valence-corrected chi connectivity index (χ3v) is 4.83. The fourth-order valence-corrected chi connectivity index (χ4v) is 3.57. The van der Waals surface area contributed by atoms with Crippen molar-refractivity contribution in [2.75, 3.05) is 26.8 Å². The van der Waals surface area contributed by atoms with E-state index < -0.39 is 0 Å². The van der Waals surface area contributed by atoms with Crippen LogP contribution in [0.5, 0.6) is 5.75 Å². The Hall–Kier alpha value is -2.02. The van der Waals surface area contributed by atoms with Crippen molar-refractivity contribution in [2.24, 2.45) is 5.92 Å². The van der Waals surface area contributed by atoms with Crippen molar-refractivity contribution in [2.45, 2.75) is 12.1 Å². The van der Waals surface area contributed by atoms with E-state index in [1.165, 1.54) is 5.56 Å². The van der Waals surface area contributed by atoms with Gasteiger partial charge in [-0.05, 0) is 17.7 Å². The minimum absolute atomic E-state index is 0.242. The summed E-state index contributed by atoms with van der Waals surface area (Å²) in [5.74, 6) is 1.25. The largest absolute Gasteiger partial charge is 0.497 e. The maximum absolute atomic E-state index is 6.03. The average molecular weight is 312 g/mol. The first kappa shape index (κ1) is 14.6. The van der Waals surface area contributed by atoms with E-state index >= 15 is 0 Å². The van der Waals surface area contributed by atoms with Crippen LogP contribution in [0, 0.1) is 5.92 Å². The lowest BCUT2D eigenvalue weighted by Gasteiger charge is -2.34. The number of ether oxygens (including phenoxy) is 1. The topological polar surface area (TPSA) is 59.5 Å². The van der Waals surface area contributed by atoms with Gasteiger partial charge in [0.1, 0.15) is 11.3 Å². The minimum atomic E-state index is -0.242. The molecular weight excluding hydrogens is 292 g/mol. The van der Waals surface area contributed by atoms with Crippen LogP contribution in [-0.2, 0) is 16.9 Å². The lowest BCUT2D eigenvalue weighted by atomic mass is 9.85. The number of benzene rings is 1. The molecule has 2 unspecified atom stereocenters. The molecule has 2 aromatic rings. The monoisotopic (exact) mass is 312 g/mol. The molecule has 6 nitrogen and oxygen atoms in total. The van der Waals surface area contributed by atoms with E-state index in [-0.39, 0.29) is 5.54 Å². The summed E-state index contributed by atoms with van der Waals surface area (Å²) in [6, 6.07) is 8.10. The molecule has 3 heterocycles. The molecule has 1 aromatic heterocycles. The summed E-state index contributed by atoms with van der Waals surface area (Å²) in [4.78, 5) is 14.9. The number of hydroxylamine groups is 2. The summed E-state index contributed by atoms with van der Waals surface area (Å²) in [7, 11) is 1.68. The summed E-state index contributed by atoms with van der Waals surface area (Å²) in [6.07, 6.45) is 5.32. The fourth-order valence-electron chi connectivity index (χ4n) is 3.57. The summed E-state index contributed by atoms with van der Waals surface area (Å²) >= 11 is 0. The number of hydrogen-bond acceptors (Lipinski definition) is 6. The van der Waals surface area contributed by atoms with Crippen LogP contribution in [0.25, 0.3) is 0 Å². The molecule has 4 rings (SSSR count). The Balaban J connectivity index is 1.64. The second kappa shape index (κ2) is 5.88. The van der Waals surface area contributed by atoms with Gasteiger partial charge < -0.3 is 10.1 Å². The summed E-state index contributed by atoms with van der Waals surface area (Å²) in [5, 5.41) is 5.56. The molecule has 2 saturated heterocycles. The molecule has 0 bridgehead atoms. The van der Waals surface area contributed by atoms with Gasteiger partial charge >= 0.3 is 0 Å². The second-order valence-corrected chi connectivity index (χ2v) is 6.02. The lowest BCUT2D eigenvalue weighted by Crippen LogP contribution is -2.46. The van der Waals surface area contributed by atoms with Gasteiger partial charge in [-0.25, -0.2) is 0 Å². The van der Waals surface area contributed by atoms with Gasteiger partial charge in [-0.1, -0.05) is 12.1 Å². The molecule has 0 saturated carbocycles. The van der Waals surface area contributed by atoms with Gasteiger partial charge in [-0.3, -0.25) is 14.8 Å². The Kier molecular flexibility index (Phi) is 3.72. The summed E-state index contributed by atoms with van der Waals surface area (Å²) < 4.78 is 5.22. The third kappa shape index (κ3) is 2.39. The van der Waals surface area contributed by atoms with E-state index in [1.54, 1.807) is 19.5 Å². The molecule has 0 amide bonds. The highest BCUT2D eigenvalue weighted by Gasteiger charge is 2.55. The number of rotatable bonds is 4. The lowest BCUT2D eigenvalue weighted by molar-refractivity contribution is -0.174. The van der Waals surface area contributed by atoms with Crippen molar-refractivity contribution in [1.29, 1.82) is 0 Å². The number of hydrogen-bond donors (Lipinski definition) is 1. The highest BCUT2D eigenvalue weighted by atomic mass is 16.7.